The standard InChI is InChI=1S/C12H26/c1-7-9-10-12(5,6)11(3,4)8-2/h7-10H2,1-6H3. The lowest BCUT2D eigenvalue weighted by atomic mass is 9.64. The SMILES string of the molecule is CCCCC(C)(C)C(C)(C)CC. The van der Waals surface area contributed by atoms with E-state index in [9.17, 15) is 0 Å². The highest BCUT2D eigenvalue weighted by Crippen LogP contribution is 2.44. The summed E-state index contributed by atoms with van der Waals surface area (Å²) in [6.45, 7) is 14.2. The van der Waals surface area contributed by atoms with Gasteiger partial charge in [-0.25, -0.2) is 0 Å². The maximum Gasteiger partial charge on any atom is -0.0303 e. The summed E-state index contributed by atoms with van der Waals surface area (Å²) in [4.78, 5) is 0. The van der Waals surface area contributed by atoms with Gasteiger partial charge in [0.2, 0.25) is 0 Å². The van der Waals surface area contributed by atoms with Gasteiger partial charge in [0.1, 0.15) is 0 Å². The molecule has 0 nitrogen and oxygen atoms in total. The Hall–Kier alpha value is 0. The average Bonchev–Trinajstić information content (AvgIpc) is 2.00. The largest absolute Gasteiger partial charge is 0.0654 e. The molecule has 0 aromatic heterocycles. The molecule has 0 aromatic rings. The summed E-state index contributed by atoms with van der Waals surface area (Å²) in [5, 5.41) is 0. The summed E-state index contributed by atoms with van der Waals surface area (Å²) in [6.07, 6.45) is 5.34. The zero-order chi connectivity index (χ0) is 9.83. The first-order valence-corrected chi connectivity index (χ1v) is 5.37. The van der Waals surface area contributed by atoms with Crippen LogP contribution in [-0.4, -0.2) is 0 Å². The Kier molecular flexibility index (Phi) is 4.30. The smallest absolute Gasteiger partial charge is 0.0303 e. The zero-order valence-corrected chi connectivity index (χ0v) is 9.83. The summed E-state index contributed by atoms with van der Waals surface area (Å²) in [7, 11) is 0. The minimum Gasteiger partial charge on any atom is -0.0654 e. The van der Waals surface area contributed by atoms with Crippen molar-refractivity contribution in [3.8, 4) is 0 Å². The van der Waals surface area contributed by atoms with Crippen molar-refractivity contribution in [3.05, 3.63) is 0 Å². The Morgan fingerprint density at radius 2 is 1.33 bits per heavy atom. The van der Waals surface area contributed by atoms with Crippen molar-refractivity contribution in [1.29, 1.82) is 0 Å². The van der Waals surface area contributed by atoms with Crippen molar-refractivity contribution in [2.24, 2.45) is 10.8 Å². The number of hydrogen-bond donors (Lipinski definition) is 0. The van der Waals surface area contributed by atoms with E-state index in [0.29, 0.717) is 10.8 Å². The number of rotatable bonds is 5. The van der Waals surface area contributed by atoms with Crippen LogP contribution in [0.4, 0.5) is 0 Å². The maximum atomic E-state index is 2.41. The molecule has 12 heavy (non-hydrogen) atoms. The highest BCUT2D eigenvalue weighted by molar-refractivity contribution is 4.84. The van der Waals surface area contributed by atoms with Crippen molar-refractivity contribution < 1.29 is 0 Å². The molecule has 0 unspecified atom stereocenters. The predicted molar refractivity (Wildman–Crippen MR) is 57.4 cm³/mol. The predicted octanol–water partition coefficient (Wildman–Crippen LogP) is 4.64. The highest BCUT2D eigenvalue weighted by Gasteiger charge is 2.34. The topological polar surface area (TPSA) is 0 Å². The number of unbranched alkanes of at least 4 members (excludes halogenated alkanes) is 1. The molecular formula is C12H26. The summed E-state index contributed by atoms with van der Waals surface area (Å²) >= 11 is 0. The molecule has 0 atom stereocenters. The van der Waals surface area contributed by atoms with E-state index in [2.05, 4.69) is 41.5 Å². The normalized spacial score (nSPS) is 13.5. The fraction of sp³-hybridized carbons (Fsp3) is 1.00. The van der Waals surface area contributed by atoms with Gasteiger partial charge in [-0.15, -0.1) is 0 Å². The molecule has 0 N–H and O–H groups in total. The summed E-state index contributed by atoms with van der Waals surface area (Å²) in [6, 6.07) is 0. The summed E-state index contributed by atoms with van der Waals surface area (Å²) in [5.41, 5.74) is 0.986. The fourth-order valence-electron chi connectivity index (χ4n) is 1.44. The Bertz CT molecular complexity index is 120. The molecule has 0 aromatic carbocycles. The monoisotopic (exact) mass is 170 g/mol. The van der Waals surface area contributed by atoms with Crippen LogP contribution in [0.15, 0.2) is 0 Å². The molecule has 0 aliphatic heterocycles. The first kappa shape index (κ1) is 12.0. The van der Waals surface area contributed by atoms with Crippen LogP contribution in [0.1, 0.15) is 67.2 Å². The Morgan fingerprint density at radius 1 is 0.833 bits per heavy atom. The van der Waals surface area contributed by atoms with E-state index in [-0.39, 0.29) is 0 Å². The second-order valence-corrected chi connectivity index (χ2v) is 5.22. The molecule has 0 fully saturated rings. The molecule has 0 rings (SSSR count). The van der Waals surface area contributed by atoms with Crippen LogP contribution < -0.4 is 0 Å². The summed E-state index contributed by atoms with van der Waals surface area (Å²) in [5.74, 6) is 0. The maximum absolute atomic E-state index is 2.41. The van der Waals surface area contributed by atoms with E-state index in [1.54, 1.807) is 0 Å². The van der Waals surface area contributed by atoms with Crippen LogP contribution in [0.3, 0.4) is 0 Å². The van der Waals surface area contributed by atoms with Gasteiger partial charge in [0.15, 0.2) is 0 Å². The van der Waals surface area contributed by atoms with E-state index in [1.807, 2.05) is 0 Å². The van der Waals surface area contributed by atoms with Crippen LogP contribution in [0.5, 0.6) is 0 Å². The lowest BCUT2D eigenvalue weighted by Crippen LogP contribution is -2.31. The molecule has 0 spiro atoms. The highest BCUT2D eigenvalue weighted by atomic mass is 14.4. The van der Waals surface area contributed by atoms with Gasteiger partial charge in [0.05, 0.1) is 0 Å². The van der Waals surface area contributed by atoms with E-state index < -0.39 is 0 Å². The van der Waals surface area contributed by atoms with E-state index >= 15 is 0 Å². The van der Waals surface area contributed by atoms with Crippen LogP contribution in [0.2, 0.25) is 0 Å². The molecule has 0 aliphatic carbocycles. The van der Waals surface area contributed by atoms with Crippen LogP contribution >= 0.6 is 0 Å². The van der Waals surface area contributed by atoms with E-state index in [0.717, 1.165) is 0 Å². The van der Waals surface area contributed by atoms with E-state index in [4.69, 9.17) is 0 Å². The minimum atomic E-state index is 0.488. The molecule has 0 heterocycles. The van der Waals surface area contributed by atoms with Crippen LogP contribution in [0.25, 0.3) is 0 Å². The van der Waals surface area contributed by atoms with Crippen molar-refractivity contribution >= 4 is 0 Å². The quantitative estimate of drug-likeness (QED) is 0.564. The third-order valence-electron chi connectivity index (χ3n) is 3.87. The van der Waals surface area contributed by atoms with Crippen molar-refractivity contribution in [3.63, 3.8) is 0 Å². The van der Waals surface area contributed by atoms with Gasteiger partial charge in [-0.1, -0.05) is 60.8 Å². The fourth-order valence-corrected chi connectivity index (χ4v) is 1.44. The molecule has 0 aliphatic rings. The Labute approximate surface area is 78.8 Å². The van der Waals surface area contributed by atoms with Crippen molar-refractivity contribution in [2.45, 2.75) is 67.2 Å². The molecule has 0 radical (unpaired) electrons. The molecule has 0 bridgehead atoms. The first-order valence-electron chi connectivity index (χ1n) is 5.37. The molecule has 0 amide bonds. The van der Waals surface area contributed by atoms with Gasteiger partial charge in [-0.2, -0.15) is 0 Å². The lowest BCUT2D eigenvalue weighted by molar-refractivity contribution is 0.0910. The average molecular weight is 170 g/mol. The van der Waals surface area contributed by atoms with Crippen LogP contribution in [-0.2, 0) is 0 Å². The zero-order valence-electron chi connectivity index (χ0n) is 9.83. The van der Waals surface area contributed by atoms with E-state index in [1.165, 1.54) is 25.7 Å². The Morgan fingerprint density at radius 3 is 1.67 bits per heavy atom. The van der Waals surface area contributed by atoms with Gasteiger partial charge in [0, 0.05) is 0 Å². The second kappa shape index (κ2) is 4.30. The molecule has 0 heteroatoms. The third kappa shape index (κ3) is 2.80. The molecule has 0 saturated carbocycles. The van der Waals surface area contributed by atoms with Crippen LogP contribution in [0, 0.1) is 10.8 Å². The van der Waals surface area contributed by atoms with Gasteiger partial charge >= 0.3 is 0 Å². The van der Waals surface area contributed by atoms with Crippen molar-refractivity contribution in [2.75, 3.05) is 0 Å². The lowest BCUT2D eigenvalue weighted by Gasteiger charge is -2.41. The van der Waals surface area contributed by atoms with Crippen molar-refractivity contribution in [1.82, 2.24) is 0 Å². The Balaban J connectivity index is 4.17. The number of hydrogen-bond acceptors (Lipinski definition) is 0. The summed E-state index contributed by atoms with van der Waals surface area (Å²) < 4.78 is 0. The van der Waals surface area contributed by atoms with Gasteiger partial charge in [-0.3, -0.25) is 0 Å². The van der Waals surface area contributed by atoms with Gasteiger partial charge in [-0.05, 0) is 17.3 Å². The van der Waals surface area contributed by atoms with Gasteiger partial charge in [0.25, 0.3) is 0 Å². The first-order chi connectivity index (χ1) is 5.37. The molecule has 0 saturated heterocycles. The minimum absolute atomic E-state index is 0.488. The third-order valence-corrected chi connectivity index (χ3v) is 3.87. The second-order valence-electron chi connectivity index (χ2n) is 5.22. The molecule has 74 valence electrons. The van der Waals surface area contributed by atoms with Gasteiger partial charge < -0.3 is 0 Å². The molecular weight excluding hydrogens is 144 g/mol.